The molecule has 1 aliphatic heterocycles. The first-order valence-corrected chi connectivity index (χ1v) is 7.54. The summed E-state index contributed by atoms with van der Waals surface area (Å²) in [6, 6.07) is 0. The average Bonchev–Trinajstić information content (AvgIpc) is 2.14. The van der Waals surface area contributed by atoms with E-state index in [1.165, 1.54) is 0 Å². The Labute approximate surface area is 107 Å². The molecule has 18 heavy (non-hydrogen) atoms. The van der Waals surface area contributed by atoms with Gasteiger partial charge in [0, 0.05) is 0 Å². The summed E-state index contributed by atoms with van der Waals surface area (Å²) in [7, 11) is -3.18. The number of carbonyl (C=O) groups excluding carboxylic acids is 2. The maximum absolute atomic E-state index is 12.1. The minimum Gasteiger partial charge on any atom is -0.459 e. The molecular formula is C11H19NO5S. The molecule has 0 atom stereocenters. The van der Waals surface area contributed by atoms with E-state index >= 15 is 0 Å². The van der Waals surface area contributed by atoms with Crippen molar-refractivity contribution in [2.75, 3.05) is 11.5 Å². The predicted octanol–water partition coefficient (Wildman–Crippen LogP) is 0.00840. The molecule has 1 rings (SSSR count). The van der Waals surface area contributed by atoms with Crippen molar-refractivity contribution in [3.8, 4) is 0 Å². The van der Waals surface area contributed by atoms with Crippen molar-refractivity contribution in [1.29, 1.82) is 0 Å². The first-order valence-electron chi connectivity index (χ1n) is 5.72. The molecule has 1 amide bonds. The molecule has 0 aromatic carbocycles. The summed E-state index contributed by atoms with van der Waals surface area (Å²) in [5.74, 6) is -1.96. The quantitative estimate of drug-likeness (QED) is 0.565. The van der Waals surface area contributed by atoms with Crippen molar-refractivity contribution >= 4 is 21.7 Å². The zero-order valence-electron chi connectivity index (χ0n) is 10.9. The lowest BCUT2D eigenvalue weighted by atomic mass is 9.81. The largest absolute Gasteiger partial charge is 0.459 e. The monoisotopic (exact) mass is 277 g/mol. The van der Waals surface area contributed by atoms with Crippen LogP contribution in [-0.4, -0.2) is 37.4 Å². The van der Waals surface area contributed by atoms with Crippen LogP contribution >= 0.6 is 0 Å². The summed E-state index contributed by atoms with van der Waals surface area (Å²) in [5, 5.41) is 0. The van der Waals surface area contributed by atoms with Gasteiger partial charge in [-0.3, -0.25) is 9.59 Å². The van der Waals surface area contributed by atoms with Crippen molar-refractivity contribution in [2.24, 2.45) is 11.1 Å². The molecule has 1 aliphatic rings. The first kappa shape index (κ1) is 14.9. The van der Waals surface area contributed by atoms with Gasteiger partial charge in [-0.2, -0.15) is 0 Å². The number of ether oxygens (including phenoxy) is 1. The van der Waals surface area contributed by atoms with Crippen LogP contribution in [0.1, 0.15) is 33.6 Å². The molecule has 2 N–H and O–H groups in total. The summed E-state index contributed by atoms with van der Waals surface area (Å²) < 4.78 is 27.9. The van der Waals surface area contributed by atoms with Gasteiger partial charge in [-0.05, 0) is 33.6 Å². The van der Waals surface area contributed by atoms with Crippen LogP contribution in [-0.2, 0) is 24.2 Å². The molecule has 1 fully saturated rings. The van der Waals surface area contributed by atoms with E-state index in [2.05, 4.69) is 0 Å². The zero-order chi connectivity index (χ0) is 14.2. The van der Waals surface area contributed by atoms with Crippen LogP contribution in [0.15, 0.2) is 0 Å². The molecular weight excluding hydrogens is 258 g/mol. The van der Waals surface area contributed by atoms with Gasteiger partial charge in [0.25, 0.3) is 0 Å². The Bertz CT molecular complexity index is 446. The van der Waals surface area contributed by atoms with Crippen LogP contribution in [0.2, 0.25) is 0 Å². The fourth-order valence-electron chi connectivity index (χ4n) is 1.81. The van der Waals surface area contributed by atoms with Crippen molar-refractivity contribution < 1.29 is 22.7 Å². The van der Waals surface area contributed by atoms with Gasteiger partial charge < -0.3 is 10.5 Å². The molecule has 0 spiro atoms. The standard InChI is InChI=1S/C11H19NO5S/c1-10(2,3)17-9(14)11(8(12)13)4-6-18(15,16)7-5-11/h4-7H2,1-3H3,(H2,12,13). The third kappa shape index (κ3) is 3.22. The number of rotatable bonds is 2. The summed E-state index contributed by atoms with van der Waals surface area (Å²) in [5.41, 5.74) is 3.03. The fourth-order valence-corrected chi connectivity index (χ4v) is 3.34. The number of sulfone groups is 1. The number of hydrogen-bond donors (Lipinski definition) is 1. The number of carbonyl (C=O) groups is 2. The minimum atomic E-state index is -3.18. The van der Waals surface area contributed by atoms with Crippen molar-refractivity contribution in [3.05, 3.63) is 0 Å². The molecule has 0 radical (unpaired) electrons. The number of nitrogens with two attached hydrogens (primary N) is 1. The summed E-state index contributed by atoms with van der Waals surface area (Å²) >= 11 is 0. The second-order valence-corrected chi connectivity index (χ2v) is 7.90. The summed E-state index contributed by atoms with van der Waals surface area (Å²) in [4.78, 5) is 23.6. The first-order chi connectivity index (χ1) is 7.99. The Morgan fingerprint density at radius 1 is 1.17 bits per heavy atom. The van der Waals surface area contributed by atoms with Gasteiger partial charge in [-0.1, -0.05) is 0 Å². The summed E-state index contributed by atoms with van der Waals surface area (Å²) in [6.45, 7) is 5.04. The third-order valence-corrected chi connectivity index (χ3v) is 4.59. The van der Waals surface area contributed by atoms with Crippen molar-refractivity contribution in [3.63, 3.8) is 0 Å². The van der Waals surface area contributed by atoms with Crippen LogP contribution < -0.4 is 5.73 Å². The highest BCUT2D eigenvalue weighted by Crippen LogP contribution is 2.35. The van der Waals surface area contributed by atoms with Gasteiger partial charge in [0.1, 0.15) is 20.9 Å². The van der Waals surface area contributed by atoms with Crippen LogP contribution in [0.4, 0.5) is 0 Å². The van der Waals surface area contributed by atoms with Gasteiger partial charge in [0.15, 0.2) is 0 Å². The number of esters is 1. The van der Waals surface area contributed by atoms with E-state index in [-0.39, 0.29) is 24.3 Å². The van der Waals surface area contributed by atoms with Crippen molar-refractivity contribution in [1.82, 2.24) is 0 Å². The second kappa shape index (κ2) is 4.53. The van der Waals surface area contributed by atoms with Crippen molar-refractivity contribution in [2.45, 2.75) is 39.2 Å². The average molecular weight is 277 g/mol. The van der Waals surface area contributed by atoms with Crippen LogP contribution in [0.5, 0.6) is 0 Å². The smallest absolute Gasteiger partial charge is 0.322 e. The molecule has 1 saturated heterocycles. The molecule has 1 heterocycles. The molecule has 0 aliphatic carbocycles. The molecule has 6 nitrogen and oxygen atoms in total. The zero-order valence-corrected chi connectivity index (χ0v) is 11.7. The highest BCUT2D eigenvalue weighted by molar-refractivity contribution is 7.91. The Hall–Kier alpha value is -1.11. The Morgan fingerprint density at radius 3 is 1.94 bits per heavy atom. The molecule has 0 saturated carbocycles. The molecule has 104 valence electrons. The Kier molecular flexibility index (Phi) is 3.76. The minimum absolute atomic E-state index is 0.0976. The van der Waals surface area contributed by atoms with Crippen LogP contribution in [0.3, 0.4) is 0 Å². The lowest BCUT2D eigenvalue weighted by Crippen LogP contribution is -2.51. The van der Waals surface area contributed by atoms with E-state index < -0.39 is 32.7 Å². The molecule has 0 unspecified atom stereocenters. The normalized spacial score (nSPS) is 22.2. The van der Waals surface area contributed by atoms with Gasteiger partial charge in [-0.25, -0.2) is 8.42 Å². The highest BCUT2D eigenvalue weighted by atomic mass is 32.2. The molecule has 0 aromatic rings. The molecule has 7 heteroatoms. The number of hydrogen-bond acceptors (Lipinski definition) is 5. The fraction of sp³-hybridized carbons (Fsp3) is 0.818. The third-order valence-electron chi connectivity index (χ3n) is 2.94. The van der Waals surface area contributed by atoms with Gasteiger partial charge >= 0.3 is 5.97 Å². The molecule has 0 aromatic heterocycles. The Balaban J connectivity index is 2.97. The van der Waals surface area contributed by atoms with E-state index in [1.54, 1.807) is 20.8 Å². The lowest BCUT2D eigenvalue weighted by molar-refractivity contribution is -0.171. The SMILES string of the molecule is CC(C)(C)OC(=O)C1(C(N)=O)CCS(=O)(=O)CC1. The van der Waals surface area contributed by atoms with E-state index in [4.69, 9.17) is 10.5 Å². The predicted molar refractivity (Wildman–Crippen MR) is 65.4 cm³/mol. The van der Waals surface area contributed by atoms with E-state index in [9.17, 15) is 18.0 Å². The van der Waals surface area contributed by atoms with Gasteiger partial charge in [0.05, 0.1) is 11.5 Å². The van der Waals surface area contributed by atoms with E-state index in [1.807, 2.05) is 0 Å². The molecule has 0 bridgehead atoms. The topological polar surface area (TPSA) is 104 Å². The number of amides is 1. The maximum Gasteiger partial charge on any atom is 0.322 e. The van der Waals surface area contributed by atoms with Gasteiger partial charge in [0.2, 0.25) is 5.91 Å². The van der Waals surface area contributed by atoms with E-state index in [0.29, 0.717) is 0 Å². The summed E-state index contributed by atoms with van der Waals surface area (Å²) in [6.07, 6.45) is -0.195. The second-order valence-electron chi connectivity index (χ2n) is 5.60. The Morgan fingerprint density at radius 2 is 1.61 bits per heavy atom. The highest BCUT2D eigenvalue weighted by Gasteiger charge is 2.50. The van der Waals surface area contributed by atoms with Crippen LogP contribution in [0, 0.1) is 5.41 Å². The van der Waals surface area contributed by atoms with E-state index in [0.717, 1.165) is 0 Å². The van der Waals surface area contributed by atoms with Gasteiger partial charge in [-0.15, -0.1) is 0 Å². The lowest BCUT2D eigenvalue weighted by Gasteiger charge is -2.34. The maximum atomic E-state index is 12.1. The number of primary amides is 1. The van der Waals surface area contributed by atoms with Crippen LogP contribution in [0.25, 0.3) is 0 Å².